The molecule has 5 N–H and O–H groups in total. The second-order valence-corrected chi connectivity index (χ2v) is 36.6. The number of morpholine rings is 2. The number of phenolic OH excluding ortho intramolecular Hbond substituents is 1. The van der Waals surface area contributed by atoms with Gasteiger partial charge in [0.05, 0.1) is 116 Å². The minimum Gasteiger partial charge on any atom is -0.508 e. The first-order valence-electron chi connectivity index (χ1n) is 45.4. The second-order valence-electron chi connectivity index (χ2n) is 36.6. The van der Waals surface area contributed by atoms with Gasteiger partial charge in [0.1, 0.15) is 51.4 Å². The van der Waals surface area contributed by atoms with Crippen molar-refractivity contribution in [3.05, 3.63) is 124 Å². The van der Waals surface area contributed by atoms with Crippen molar-refractivity contribution in [2.45, 2.75) is 237 Å². The molecule has 6 aliphatic heterocycles. The largest absolute Gasteiger partial charge is 0.508 e. The molecule has 12 atom stereocenters. The lowest BCUT2D eigenvalue weighted by atomic mass is 9.83. The van der Waals surface area contributed by atoms with Crippen molar-refractivity contribution in [3.8, 4) is 23.3 Å². The second kappa shape index (κ2) is 47.8. The third kappa shape index (κ3) is 31.1. The summed E-state index contributed by atoms with van der Waals surface area (Å²) in [5.74, 6) is -4.62. The fourth-order valence-corrected chi connectivity index (χ4v) is 17.4. The zero-order valence-electron chi connectivity index (χ0n) is 75.1. The van der Waals surface area contributed by atoms with E-state index in [0.717, 1.165) is 68.9 Å². The molecular formula is C98H133N7O21. The Bertz CT molecular complexity index is 4420. The number of hydrogen-bond acceptors (Lipinski definition) is 25. The minimum atomic E-state index is -0.933. The van der Waals surface area contributed by atoms with Crippen LogP contribution in [0.2, 0.25) is 0 Å². The molecule has 0 saturated carbocycles. The third-order valence-corrected chi connectivity index (χ3v) is 25.8. The van der Waals surface area contributed by atoms with Gasteiger partial charge in [-0.2, -0.15) is 5.26 Å². The van der Waals surface area contributed by atoms with Crippen LogP contribution in [0.4, 0.5) is 0 Å². The number of allylic oxidation sites excluding steroid dienone is 6. The zero-order chi connectivity index (χ0) is 90.7. The normalized spacial score (nSPS) is 22.6. The van der Waals surface area contributed by atoms with E-state index in [0.29, 0.717) is 140 Å². The number of epoxide rings is 3. The molecule has 126 heavy (non-hydrogen) atoms. The van der Waals surface area contributed by atoms with Crippen LogP contribution in [-0.2, 0) is 100 Å². The summed E-state index contributed by atoms with van der Waals surface area (Å²) >= 11 is 0. The lowest BCUT2D eigenvalue weighted by Crippen LogP contribution is -2.47. The SMILES string of the molecule is COc1ccc(CC(NC(=O)C(C)CC(=O)CN2CCC(O)CC2)C(=O)CC(CC2=CCCC2)C(=O)C2(C)CO2)cc1.COc1ccc(CC(NC(=O)C(CC#N)CC(=O)CN2CCOCC2)C(=O)CC(CC2=CCCC2)C(=O)C2(C)CO2)cc1.Cc1ccc(CC(NC(=O)C(C)CC(=O)CN2CCOCC2)C(=O)CC(CC2=CCCC2)C(=O)C2(C)CO2)cc1O. The smallest absolute Gasteiger partial charge is 0.225 e. The monoisotopic (exact) mass is 1740 g/mol. The average Bonchev–Trinajstić information content (AvgIpc) is 1.64. The number of aliphatic hydroxyl groups is 1. The number of aromatic hydroxyl groups is 1. The van der Waals surface area contributed by atoms with Gasteiger partial charge in [0.15, 0.2) is 34.7 Å². The molecule has 6 saturated heterocycles. The van der Waals surface area contributed by atoms with E-state index >= 15 is 0 Å². The lowest BCUT2D eigenvalue weighted by Gasteiger charge is -2.29. The Hall–Kier alpha value is -9.15. The number of nitrogens with zero attached hydrogens (tertiary/aromatic N) is 4. The van der Waals surface area contributed by atoms with E-state index in [-0.39, 0.29) is 160 Å². The van der Waals surface area contributed by atoms with E-state index in [4.69, 9.17) is 33.2 Å². The van der Waals surface area contributed by atoms with Crippen LogP contribution in [0.1, 0.15) is 192 Å². The Kier molecular flexibility index (Phi) is 37.5. The van der Waals surface area contributed by atoms with Crippen LogP contribution in [0.3, 0.4) is 0 Å². The molecule has 3 aromatic carbocycles. The van der Waals surface area contributed by atoms with Gasteiger partial charge in [-0.05, 0) is 189 Å². The van der Waals surface area contributed by atoms with Crippen molar-refractivity contribution in [1.29, 1.82) is 5.26 Å². The average molecular weight is 1750 g/mol. The van der Waals surface area contributed by atoms with Crippen LogP contribution >= 0.6 is 0 Å². The van der Waals surface area contributed by atoms with E-state index in [1.165, 1.54) is 16.7 Å². The number of benzene rings is 3. The molecule has 686 valence electrons. The molecule has 3 amide bonds. The number of aryl methyl sites for hydroxylation is 1. The number of hydrogen-bond donors (Lipinski definition) is 5. The maximum absolute atomic E-state index is 13.9. The summed E-state index contributed by atoms with van der Waals surface area (Å²) in [7, 11) is 3.15. The van der Waals surface area contributed by atoms with E-state index in [2.05, 4.69) is 34.2 Å². The molecule has 0 bridgehead atoms. The number of methoxy groups -OCH3 is 2. The molecule has 0 radical (unpaired) electrons. The predicted molar refractivity (Wildman–Crippen MR) is 470 cm³/mol. The number of nitrogens with one attached hydrogen (secondary N) is 3. The number of carbonyl (C=O) groups excluding carboxylic acids is 12. The highest BCUT2D eigenvalue weighted by Gasteiger charge is 2.53. The number of Topliss-reactive ketones (excluding diaryl/α,β-unsaturated/α-hetero) is 9. The molecule has 12 rings (SSSR count). The third-order valence-electron chi connectivity index (χ3n) is 25.8. The number of nitriles is 1. The van der Waals surface area contributed by atoms with E-state index < -0.39 is 76.3 Å². The molecule has 28 nitrogen and oxygen atoms in total. The van der Waals surface area contributed by atoms with Gasteiger partial charge >= 0.3 is 0 Å². The Labute approximate surface area is 741 Å². The van der Waals surface area contributed by atoms with Gasteiger partial charge in [-0.1, -0.05) is 85.2 Å². The van der Waals surface area contributed by atoms with Gasteiger partial charge in [-0.15, -0.1) is 0 Å². The van der Waals surface area contributed by atoms with Gasteiger partial charge < -0.3 is 59.3 Å². The Morgan fingerprint density at radius 1 is 0.468 bits per heavy atom. The van der Waals surface area contributed by atoms with Crippen LogP contribution in [-0.4, -0.2) is 255 Å². The summed E-state index contributed by atoms with van der Waals surface area (Å²) in [4.78, 5) is 166. The summed E-state index contributed by atoms with van der Waals surface area (Å²) in [6, 6.07) is 19.1. The van der Waals surface area contributed by atoms with Crippen molar-refractivity contribution in [3.63, 3.8) is 0 Å². The van der Waals surface area contributed by atoms with Crippen molar-refractivity contribution in [2.75, 3.05) is 119 Å². The molecule has 6 fully saturated rings. The highest BCUT2D eigenvalue weighted by Crippen LogP contribution is 2.40. The Morgan fingerprint density at radius 2 is 0.802 bits per heavy atom. The van der Waals surface area contributed by atoms with Crippen molar-refractivity contribution in [2.24, 2.45) is 35.5 Å². The number of piperidine rings is 1. The topological polar surface area (TPSA) is 389 Å². The summed E-state index contributed by atoms with van der Waals surface area (Å²) in [6.07, 6.45) is 18.4. The van der Waals surface area contributed by atoms with Gasteiger partial charge in [-0.25, -0.2) is 0 Å². The van der Waals surface area contributed by atoms with E-state index in [1.807, 2.05) is 63.2 Å². The number of likely N-dealkylation sites (tertiary alicyclic amines) is 1. The van der Waals surface area contributed by atoms with Crippen molar-refractivity contribution >= 4 is 69.8 Å². The summed E-state index contributed by atoms with van der Waals surface area (Å²) in [6.45, 7) is 18.5. The molecule has 0 spiro atoms. The standard InChI is InChI=1S/C33H43N3O7.C33H46N2O7.C32H44N2O7/c1-33(22-43-33)31(39)26(17-23-5-3-4-6-23)20-30(38)29(18-24-7-9-28(41-2)10-8-24)35-32(40)25(11-12-34)19-27(37)21-36-13-15-42-16-14-36;1-22(16-27(37)20-35-14-12-26(36)13-15-35)32(40)34-29(18-24-8-10-28(41-3)11-9-24)30(38)19-25(17-23-6-4-5-7-23)31(39)33(2)21-42-33;1-21-8-9-24(17-28(21)36)16-27(33-31(39)22(2)14-26(35)19-34-10-12-40-13-11-34)29(37)18-25(15-23-6-4-5-7-23)30(38)32(3)20-41-32/h5,7-10,25-26,29H,3-4,6,11,13-22H2,1-2H3,(H,35,40);6,8-11,22,25-26,29,36H,4-5,7,12-21H2,1-3H3,(H,34,40);6,8-9,17,22,25,27,36H,4-5,7,10-16,18-20H2,1-3H3,(H,33,39). The van der Waals surface area contributed by atoms with E-state index in [1.54, 1.807) is 80.0 Å². The van der Waals surface area contributed by atoms with Gasteiger partial charge in [-0.3, -0.25) is 72.2 Å². The Balaban J connectivity index is 0.000000197. The number of phenols is 1. The number of carbonyl (C=O) groups is 12. The molecule has 0 aromatic heterocycles. The summed E-state index contributed by atoms with van der Waals surface area (Å²) in [5.41, 5.74) is 4.09. The molecule has 28 heteroatoms. The van der Waals surface area contributed by atoms with Crippen LogP contribution in [0.5, 0.6) is 17.2 Å². The molecule has 9 aliphatic rings. The first-order chi connectivity index (χ1) is 60.3. The quantitative estimate of drug-likeness (QED) is 0.0259. The van der Waals surface area contributed by atoms with E-state index in [9.17, 15) is 73.0 Å². The Morgan fingerprint density at radius 3 is 1.13 bits per heavy atom. The van der Waals surface area contributed by atoms with Crippen LogP contribution in [0.25, 0.3) is 0 Å². The number of aliphatic hydroxyl groups excluding tert-OH is 1. The highest BCUT2D eigenvalue weighted by atomic mass is 16.6. The zero-order valence-corrected chi connectivity index (χ0v) is 75.1. The fourth-order valence-electron chi connectivity index (χ4n) is 17.4. The molecule has 3 aliphatic carbocycles. The first kappa shape index (κ1) is 99.0. The van der Waals surface area contributed by atoms with Crippen LogP contribution in [0, 0.1) is 53.8 Å². The van der Waals surface area contributed by atoms with Crippen molar-refractivity contribution < 1.29 is 101 Å². The highest BCUT2D eigenvalue weighted by molar-refractivity contribution is 6.00. The predicted octanol–water partition coefficient (Wildman–Crippen LogP) is 9.28. The summed E-state index contributed by atoms with van der Waals surface area (Å²) in [5, 5.41) is 38.1. The maximum Gasteiger partial charge on any atom is 0.225 e. The first-order valence-corrected chi connectivity index (χ1v) is 45.4. The number of ether oxygens (including phenoxy) is 7. The minimum absolute atomic E-state index is 0.0117. The van der Waals surface area contributed by atoms with Crippen molar-refractivity contribution in [1.82, 2.24) is 30.7 Å². The van der Waals surface area contributed by atoms with Gasteiger partial charge in [0, 0.05) is 114 Å². The molecule has 3 aromatic rings. The lowest BCUT2D eigenvalue weighted by molar-refractivity contribution is -0.134. The summed E-state index contributed by atoms with van der Waals surface area (Å²) < 4.78 is 37.5. The van der Waals surface area contributed by atoms with Gasteiger partial charge in [0.25, 0.3) is 0 Å². The molecule has 12 unspecified atom stereocenters. The molecule has 6 heterocycles. The number of ketones is 9. The number of amides is 3. The van der Waals surface area contributed by atoms with Gasteiger partial charge in [0.2, 0.25) is 17.7 Å². The van der Waals surface area contributed by atoms with Crippen LogP contribution in [0.15, 0.2) is 102 Å². The fraction of sp³-hybridized carbons (Fsp3) is 0.622. The molecular weight excluding hydrogens is 1610 g/mol. The maximum atomic E-state index is 13.9. The number of rotatable bonds is 48. The van der Waals surface area contributed by atoms with Crippen LogP contribution < -0.4 is 25.4 Å².